The van der Waals surface area contributed by atoms with Crippen LogP contribution in [-0.4, -0.2) is 12.1 Å². The van der Waals surface area contributed by atoms with E-state index in [0.717, 1.165) is 41.7 Å². The summed E-state index contributed by atoms with van der Waals surface area (Å²) in [6, 6.07) is 1.61. The van der Waals surface area contributed by atoms with Crippen molar-refractivity contribution in [2.45, 2.75) is 84.2 Å². The maximum absolute atomic E-state index is 4.04. The van der Waals surface area contributed by atoms with Gasteiger partial charge >= 0.3 is 0 Å². The predicted molar refractivity (Wildman–Crippen MR) is 82.1 cm³/mol. The zero-order valence-electron chi connectivity index (χ0n) is 13.2. The van der Waals surface area contributed by atoms with Gasteiger partial charge in [0.25, 0.3) is 0 Å². The molecule has 4 rings (SSSR count). The molecule has 1 N–H and O–H groups in total. The lowest BCUT2D eigenvalue weighted by molar-refractivity contribution is -0.0173. The van der Waals surface area contributed by atoms with Gasteiger partial charge in [-0.05, 0) is 75.0 Å². The Morgan fingerprint density at radius 3 is 1.95 bits per heavy atom. The fraction of sp³-hybridized carbons (Fsp3) is 1.00. The molecule has 0 amide bonds. The number of nitrogens with one attached hydrogen (secondary N) is 1. The van der Waals surface area contributed by atoms with Crippen molar-refractivity contribution >= 4 is 0 Å². The van der Waals surface area contributed by atoms with Crippen LogP contribution >= 0.6 is 0 Å². The highest BCUT2D eigenvalue weighted by atomic mass is 15.0. The molecule has 4 fully saturated rings. The van der Waals surface area contributed by atoms with Crippen molar-refractivity contribution < 1.29 is 0 Å². The van der Waals surface area contributed by atoms with Crippen LogP contribution in [0.5, 0.6) is 0 Å². The average Bonchev–Trinajstić information content (AvgIpc) is 2.32. The Bertz CT molecular complexity index is 268. The molecule has 0 aliphatic heterocycles. The lowest BCUT2D eigenvalue weighted by Crippen LogP contribution is -2.56. The Kier molecular flexibility index (Phi) is 4.22. The summed E-state index contributed by atoms with van der Waals surface area (Å²) in [5, 5.41) is 4.04. The largest absolute Gasteiger partial charge is 0.311 e. The summed E-state index contributed by atoms with van der Waals surface area (Å²) in [5.74, 6) is 5.15. The van der Waals surface area contributed by atoms with E-state index in [9.17, 15) is 0 Å². The first-order chi connectivity index (χ1) is 9.11. The van der Waals surface area contributed by atoms with Gasteiger partial charge in [-0.3, -0.25) is 0 Å². The lowest BCUT2D eigenvalue weighted by atomic mass is 9.54. The van der Waals surface area contributed by atoms with Gasteiger partial charge in [0.05, 0.1) is 0 Å². The Labute approximate surface area is 119 Å². The molecular weight excluding hydrogens is 230 g/mol. The molecule has 0 spiro atoms. The molecule has 4 aliphatic rings. The zero-order valence-corrected chi connectivity index (χ0v) is 13.2. The van der Waals surface area contributed by atoms with Crippen molar-refractivity contribution in [3.63, 3.8) is 0 Å². The van der Waals surface area contributed by atoms with E-state index in [-0.39, 0.29) is 0 Å². The summed E-state index contributed by atoms with van der Waals surface area (Å²) in [7, 11) is 0. The predicted octanol–water partition coefficient (Wildman–Crippen LogP) is 4.62. The van der Waals surface area contributed by atoms with Crippen LogP contribution in [0.1, 0.15) is 72.1 Å². The summed E-state index contributed by atoms with van der Waals surface area (Å²) in [6.07, 6.45) is 11.9. The lowest BCUT2D eigenvalue weighted by Gasteiger charge is -2.55. The molecule has 0 aromatic rings. The van der Waals surface area contributed by atoms with E-state index in [0.29, 0.717) is 0 Å². The van der Waals surface area contributed by atoms with Crippen molar-refractivity contribution in [3.05, 3.63) is 0 Å². The first-order valence-electron chi connectivity index (χ1n) is 8.88. The highest BCUT2D eigenvalue weighted by Crippen LogP contribution is 2.53. The van der Waals surface area contributed by atoms with Crippen LogP contribution in [0.3, 0.4) is 0 Å². The van der Waals surface area contributed by atoms with Crippen LogP contribution in [0.2, 0.25) is 0 Å². The summed E-state index contributed by atoms with van der Waals surface area (Å²) in [6.45, 7) is 7.11. The average molecular weight is 263 g/mol. The second-order valence-electron chi connectivity index (χ2n) is 8.35. The van der Waals surface area contributed by atoms with Crippen molar-refractivity contribution in [2.24, 2.45) is 29.6 Å². The second kappa shape index (κ2) is 5.76. The van der Waals surface area contributed by atoms with E-state index in [1.165, 1.54) is 19.3 Å². The molecule has 4 bridgehead atoms. The van der Waals surface area contributed by atoms with Crippen molar-refractivity contribution in [3.8, 4) is 0 Å². The molecule has 0 heterocycles. The quantitative estimate of drug-likeness (QED) is 0.737. The molecular formula is C18H33N. The maximum Gasteiger partial charge on any atom is 0.0126 e. The van der Waals surface area contributed by atoms with Gasteiger partial charge in [-0.15, -0.1) is 0 Å². The monoisotopic (exact) mass is 263 g/mol. The zero-order chi connectivity index (χ0) is 13.4. The molecule has 0 radical (unpaired) electrons. The fourth-order valence-electron chi connectivity index (χ4n) is 5.44. The van der Waals surface area contributed by atoms with Crippen LogP contribution in [0.25, 0.3) is 0 Å². The van der Waals surface area contributed by atoms with Crippen LogP contribution in [0, 0.1) is 29.6 Å². The third kappa shape index (κ3) is 3.17. The Morgan fingerprint density at radius 1 is 0.842 bits per heavy atom. The highest BCUT2D eigenvalue weighted by molar-refractivity contribution is 5.01. The standard InChI is InChI=1S/C18H33N/c1-12(2)5-4-6-13(3)19-18-16-8-14-7-15(10-16)11-17(18)9-14/h12-19H,4-11H2,1-3H3. The summed E-state index contributed by atoms with van der Waals surface area (Å²) >= 11 is 0. The van der Waals surface area contributed by atoms with Gasteiger partial charge in [0.2, 0.25) is 0 Å². The third-order valence-corrected chi connectivity index (χ3v) is 6.12. The normalized spacial score (nSPS) is 42.0. The molecule has 1 atom stereocenters. The van der Waals surface area contributed by atoms with Gasteiger partial charge < -0.3 is 5.32 Å². The topological polar surface area (TPSA) is 12.0 Å². The number of hydrogen-bond acceptors (Lipinski definition) is 1. The summed E-state index contributed by atoms with van der Waals surface area (Å²) in [4.78, 5) is 0. The Morgan fingerprint density at radius 2 is 1.42 bits per heavy atom. The highest BCUT2D eigenvalue weighted by Gasteiger charge is 2.48. The minimum absolute atomic E-state index is 0.737. The van der Waals surface area contributed by atoms with Gasteiger partial charge in [0.1, 0.15) is 0 Å². The van der Waals surface area contributed by atoms with Crippen LogP contribution in [-0.2, 0) is 0 Å². The Hall–Kier alpha value is -0.0400. The SMILES string of the molecule is CC(C)CCCC(C)NC1C2CC3CC(C2)CC1C3. The molecule has 19 heavy (non-hydrogen) atoms. The van der Waals surface area contributed by atoms with E-state index >= 15 is 0 Å². The molecule has 1 nitrogen and oxygen atoms in total. The summed E-state index contributed by atoms with van der Waals surface area (Å²) < 4.78 is 0. The van der Waals surface area contributed by atoms with E-state index in [1.54, 1.807) is 32.1 Å². The van der Waals surface area contributed by atoms with E-state index in [2.05, 4.69) is 26.1 Å². The maximum atomic E-state index is 4.04. The van der Waals surface area contributed by atoms with E-state index in [4.69, 9.17) is 0 Å². The molecule has 1 unspecified atom stereocenters. The molecule has 110 valence electrons. The molecule has 4 saturated carbocycles. The minimum atomic E-state index is 0.737. The number of hydrogen-bond donors (Lipinski definition) is 1. The van der Waals surface area contributed by atoms with Gasteiger partial charge in [-0.1, -0.05) is 26.7 Å². The molecule has 1 heteroatoms. The number of rotatable bonds is 6. The van der Waals surface area contributed by atoms with Crippen molar-refractivity contribution in [1.29, 1.82) is 0 Å². The van der Waals surface area contributed by atoms with Crippen molar-refractivity contribution in [2.75, 3.05) is 0 Å². The molecule has 0 aromatic heterocycles. The smallest absolute Gasteiger partial charge is 0.0126 e. The first kappa shape index (κ1) is 13.9. The molecule has 4 aliphatic carbocycles. The van der Waals surface area contributed by atoms with Gasteiger partial charge in [0, 0.05) is 12.1 Å². The summed E-state index contributed by atoms with van der Waals surface area (Å²) in [5.41, 5.74) is 0. The van der Waals surface area contributed by atoms with Gasteiger partial charge in [0.15, 0.2) is 0 Å². The molecule has 0 aromatic carbocycles. The first-order valence-corrected chi connectivity index (χ1v) is 8.88. The Balaban J connectivity index is 1.47. The van der Waals surface area contributed by atoms with Crippen molar-refractivity contribution in [1.82, 2.24) is 5.32 Å². The van der Waals surface area contributed by atoms with Gasteiger partial charge in [-0.25, -0.2) is 0 Å². The second-order valence-corrected chi connectivity index (χ2v) is 8.35. The minimum Gasteiger partial charge on any atom is -0.311 e. The van der Waals surface area contributed by atoms with E-state index in [1.807, 2.05) is 0 Å². The van der Waals surface area contributed by atoms with Crippen LogP contribution < -0.4 is 5.32 Å². The van der Waals surface area contributed by atoms with E-state index < -0.39 is 0 Å². The fourth-order valence-corrected chi connectivity index (χ4v) is 5.44. The third-order valence-electron chi connectivity index (χ3n) is 6.12. The molecule has 0 saturated heterocycles. The van der Waals surface area contributed by atoms with Crippen LogP contribution in [0.15, 0.2) is 0 Å². The van der Waals surface area contributed by atoms with Crippen LogP contribution in [0.4, 0.5) is 0 Å². The van der Waals surface area contributed by atoms with Gasteiger partial charge in [-0.2, -0.15) is 0 Å².